The molecule has 0 unspecified atom stereocenters. The molecule has 58 valence electrons. The van der Waals surface area contributed by atoms with Crippen LogP contribution in [0.15, 0.2) is 41.0 Å². The summed E-state index contributed by atoms with van der Waals surface area (Å²) in [6.45, 7) is 1.54. The first-order valence-corrected chi connectivity index (χ1v) is 3.13. The van der Waals surface area contributed by atoms with Crippen molar-refractivity contribution in [1.82, 2.24) is 5.06 Å². The van der Waals surface area contributed by atoms with E-state index >= 15 is 0 Å². The normalized spacial score (nSPS) is 20.4. The van der Waals surface area contributed by atoms with E-state index in [4.69, 9.17) is 5.21 Å². The molecule has 1 aliphatic rings. The van der Waals surface area contributed by atoms with Gasteiger partial charge >= 0.3 is 0 Å². The molecular formula is C7H8N2O2. The average Bonchev–Trinajstić information content (AvgIpc) is 2.04. The van der Waals surface area contributed by atoms with Crippen LogP contribution in [0.3, 0.4) is 0 Å². The third-order valence-electron chi connectivity index (χ3n) is 1.35. The first-order valence-electron chi connectivity index (χ1n) is 3.13. The predicted octanol–water partition coefficient (Wildman–Crippen LogP) is 1.76. The first kappa shape index (κ1) is 7.68. The molecule has 4 nitrogen and oxygen atoms in total. The van der Waals surface area contributed by atoms with Crippen molar-refractivity contribution in [3.05, 3.63) is 40.7 Å². The van der Waals surface area contributed by atoms with Crippen LogP contribution in [0.4, 0.5) is 0 Å². The second-order valence-electron chi connectivity index (χ2n) is 2.11. The Morgan fingerprint density at radius 2 is 2.36 bits per heavy atom. The molecule has 0 radical (unpaired) electrons. The van der Waals surface area contributed by atoms with Gasteiger partial charge in [-0.15, -0.1) is 4.91 Å². The summed E-state index contributed by atoms with van der Waals surface area (Å²) in [5.41, 5.74) is 0.663. The average molecular weight is 152 g/mol. The molecule has 11 heavy (non-hydrogen) atoms. The minimum atomic E-state index is 0.258. The highest BCUT2D eigenvalue weighted by Gasteiger charge is 2.06. The van der Waals surface area contributed by atoms with Crippen LogP contribution in [0, 0.1) is 4.91 Å². The van der Waals surface area contributed by atoms with Gasteiger partial charge in [0.2, 0.25) is 0 Å². The van der Waals surface area contributed by atoms with Crippen molar-refractivity contribution in [2.75, 3.05) is 0 Å². The second kappa shape index (κ2) is 3.12. The highest BCUT2D eigenvalue weighted by molar-refractivity contribution is 5.29. The zero-order chi connectivity index (χ0) is 8.27. The fourth-order valence-corrected chi connectivity index (χ4v) is 0.768. The molecule has 1 N–H and O–H groups in total. The maximum atomic E-state index is 10.0. The summed E-state index contributed by atoms with van der Waals surface area (Å²) in [6.07, 6.45) is 6.42. The van der Waals surface area contributed by atoms with E-state index in [-0.39, 0.29) is 5.70 Å². The standard InChI is InChI=1S/C7H8N2O2/c1-6(8-10)7-4-2-3-5-9(7)11/h2-5,11H,1H3/b7-6+. The number of allylic oxidation sites excluding steroid dienone is 4. The summed E-state index contributed by atoms with van der Waals surface area (Å²) >= 11 is 0. The van der Waals surface area contributed by atoms with Gasteiger partial charge in [-0.2, -0.15) is 0 Å². The Kier molecular flexibility index (Phi) is 2.18. The smallest absolute Gasteiger partial charge is 0.108 e. The lowest BCUT2D eigenvalue weighted by Gasteiger charge is -2.15. The topological polar surface area (TPSA) is 52.9 Å². The van der Waals surface area contributed by atoms with Gasteiger partial charge in [-0.1, -0.05) is 6.08 Å². The molecule has 0 saturated carbocycles. The van der Waals surface area contributed by atoms with Crippen molar-refractivity contribution in [3.8, 4) is 0 Å². The summed E-state index contributed by atoms with van der Waals surface area (Å²) in [5, 5.41) is 12.7. The fraction of sp³-hybridized carbons (Fsp3) is 0.143. The number of hydroxylamine groups is 2. The number of hydrogen-bond acceptors (Lipinski definition) is 4. The Balaban J connectivity index is 2.97. The number of nitroso groups, excluding NO2 is 1. The fourth-order valence-electron chi connectivity index (χ4n) is 0.768. The maximum Gasteiger partial charge on any atom is 0.108 e. The minimum Gasteiger partial charge on any atom is -0.284 e. The number of nitrogens with zero attached hydrogens (tertiary/aromatic N) is 2. The van der Waals surface area contributed by atoms with Crippen molar-refractivity contribution in [3.63, 3.8) is 0 Å². The van der Waals surface area contributed by atoms with Crippen LogP contribution in [0.2, 0.25) is 0 Å². The number of hydrogen-bond donors (Lipinski definition) is 1. The molecule has 0 amide bonds. The Hall–Kier alpha value is -1.42. The molecule has 0 saturated heterocycles. The van der Waals surface area contributed by atoms with E-state index in [0.29, 0.717) is 5.70 Å². The van der Waals surface area contributed by atoms with Crippen molar-refractivity contribution in [2.45, 2.75) is 6.92 Å². The largest absolute Gasteiger partial charge is 0.284 e. The summed E-state index contributed by atoms with van der Waals surface area (Å²) in [6, 6.07) is 0. The van der Waals surface area contributed by atoms with E-state index in [2.05, 4.69) is 5.18 Å². The highest BCUT2D eigenvalue weighted by Crippen LogP contribution is 2.14. The van der Waals surface area contributed by atoms with Gasteiger partial charge in [0, 0.05) is 6.20 Å². The predicted molar refractivity (Wildman–Crippen MR) is 40.4 cm³/mol. The Bertz CT molecular complexity index is 253. The van der Waals surface area contributed by atoms with E-state index in [0.717, 1.165) is 5.06 Å². The van der Waals surface area contributed by atoms with Gasteiger partial charge in [-0.25, -0.2) is 5.06 Å². The van der Waals surface area contributed by atoms with Crippen LogP contribution in [-0.4, -0.2) is 10.3 Å². The van der Waals surface area contributed by atoms with Gasteiger partial charge < -0.3 is 0 Å². The van der Waals surface area contributed by atoms with Crippen LogP contribution in [0.5, 0.6) is 0 Å². The van der Waals surface area contributed by atoms with Crippen LogP contribution >= 0.6 is 0 Å². The van der Waals surface area contributed by atoms with E-state index in [1.54, 1.807) is 18.2 Å². The molecule has 0 spiro atoms. The molecule has 4 heteroatoms. The monoisotopic (exact) mass is 152 g/mol. The molecule has 1 aliphatic heterocycles. The van der Waals surface area contributed by atoms with Gasteiger partial charge in [0.15, 0.2) is 0 Å². The summed E-state index contributed by atoms with van der Waals surface area (Å²) < 4.78 is 0. The van der Waals surface area contributed by atoms with E-state index in [9.17, 15) is 4.91 Å². The molecule has 0 aromatic carbocycles. The van der Waals surface area contributed by atoms with Gasteiger partial charge in [0.25, 0.3) is 0 Å². The minimum absolute atomic E-state index is 0.258. The van der Waals surface area contributed by atoms with Crippen molar-refractivity contribution < 1.29 is 5.21 Å². The Labute approximate surface area is 64.1 Å². The lowest BCUT2D eigenvalue weighted by Crippen LogP contribution is -2.12. The highest BCUT2D eigenvalue weighted by atomic mass is 16.5. The Morgan fingerprint density at radius 1 is 1.64 bits per heavy atom. The molecule has 0 fully saturated rings. The van der Waals surface area contributed by atoms with E-state index in [1.165, 1.54) is 13.1 Å². The molecule has 0 bridgehead atoms. The molecule has 0 aliphatic carbocycles. The second-order valence-corrected chi connectivity index (χ2v) is 2.11. The maximum absolute atomic E-state index is 10.0. The Morgan fingerprint density at radius 3 is 2.91 bits per heavy atom. The van der Waals surface area contributed by atoms with Crippen molar-refractivity contribution in [1.29, 1.82) is 0 Å². The zero-order valence-corrected chi connectivity index (χ0v) is 6.06. The first-order chi connectivity index (χ1) is 5.25. The van der Waals surface area contributed by atoms with Gasteiger partial charge in [-0.05, 0) is 24.3 Å². The quantitative estimate of drug-likeness (QED) is 0.582. The van der Waals surface area contributed by atoms with Crippen LogP contribution < -0.4 is 0 Å². The van der Waals surface area contributed by atoms with Crippen LogP contribution in [0.25, 0.3) is 0 Å². The van der Waals surface area contributed by atoms with E-state index in [1.807, 2.05) is 0 Å². The van der Waals surface area contributed by atoms with Crippen molar-refractivity contribution in [2.24, 2.45) is 5.18 Å². The van der Waals surface area contributed by atoms with E-state index < -0.39 is 0 Å². The van der Waals surface area contributed by atoms with Crippen LogP contribution in [0.1, 0.15) is 6.92 Å². The molecule has 0 aromatic rings. The molecule has 1 rings (SSSR count). The SMILES string of the molecule is C/C(N=O)=C1/C=CC=CN1O. The zero-order valence-electron chi connectivity index (χ0n) is 6.06. The number of rotatable bonds is 1. The molecule has 0 aromatic heterocycles. The molecule has 1 heterocycles. The summed E-state index contributed by atoms with van der Waals surface area (Å²) in [7, 11) is 0. The van der Waals surface area contributed by atoms with Crippen LogP contribution in [-0.2, 0) is 0 Å². The third-order valence-corrected chi connectivity index (χ3v) is 1.35. The van der Waals surface area contributed by atoms with Gasteiger partial charge in [-0.3, -0.25) is 5.21 Å². The lowest BCUT2D eigenvalue weighted by atomic mass is 10.2. The summed E-state index contributed by atoms with van der Waals surface area (Å²) in [4.78, 5) is 10.0. The van der Waals surface area contributed by atoms with Gasteiger partial charge in [0.1, 0.15) is 5.70 Å². The molecular weight excluding hydrogens is 144 g/mol. The lowest BCUT2D eigenvalue weighted by molar-refractivity contribution is -0.00144. The summed E-state index contributed by atoms with van der Waals surface area (Å²) in [5.74, 6) is 0. The third kappa shape index (κ3) is 1.53. The van der Waals surface area contributed by atoms with Gasteiger partial charge in [0.05, 0.1) is 5.70 Å². The van der Waals surface area contributed by atoms with Crippen molar-refractivity contribution >= 4 is 0 Å². The molecule has 0 atom stereocenters.